The first kappa shape index (κ1) is 22.6. The molecule has 0 N–H and O–H groups in total. The molecule has 0 aliphatic carbocycles. The van der Waals surface area contributed by atoms with Gasteiger partial charge in [-0.3, -0.25) is 0 Å². The number of benzene rings is 1. The van der Waals surface area contributed by atoms with Gasteiger partial charge in [0.1, 0.15) is 0 Å². The van der Waals surface area contributed by atoms with E-state index in [9.17, 15) is 0 Å². The van der Waals surface area contributed by atoms with E-state index in [4.69, 9.17) is 0 Å². The molecule has 0 nitrogen and oxygen atoms in total. The Morgan fingerprint density at radius 3 is 1.45 bits per heavy atom. The molecule has 0 heterocycles. The highest BCUT2D eigenvalue weighted by molar-refractivity contribution is 5.45. The molecule has 0 saturated heterocycles. The number of rotatable bonds is 3. The van der Waals surface area contributed by atoms with E-state index in [0.29, 0.717) is 0 Å². The minimum Gasteiger partial charge on any atom is -0.137 e. The molecule has 0 saturated carbocycles. The van der Waals surface area contributed by atoms with Crippen LogP contribution in [0.1, 0.15) is 12.5 Å². The van der Waals surface area contributed by atoms with E-state index < -0.39 is 0 Å². The van der Waals surface area contributed by atoms with Crippen LogP contribution >= 0.6 is 0 Å². The van der Waals surface area contributed by atoms with Gasteiger partial charge >= 0.3 is 0 Å². The lowest BCUT2D eigenvalue weighted by atomic mass is 10.2. The van der Waals surface area contributed by atoms with E-state index in [-0.39, 0.29) is 0 Å². The van der Waals surface area contributed by atoms with Gasteiger partial charge < -0.3 is 0 Å². The van der Waals surface area contributed by atoms with Gasteiger partial charge in [-0.15, -0.1) is 5.73 Å². The first-order chi connectivity index (χ1) is 9.53. The first-order valence-corrected chi connectivity index (χ1v) is 6.02. The molecule has 1 aromatic rings. The van der Waals surface area contributed by atoms with Crippen molar-refractivity contribution in [1.29, 1.82) is 0 Å². The van der Waals surface area contributed by atoms with Crippen molar-refractivity contribution < 1.29 is 0 Å². The molecular formula is C20H26. The molecule has 106 valence electrons. The highest BCUT2D eigenvalue weighted by atomic mass is 13.8. The maximum atomic E-state index is 3.63. The van der Waals surface area contributed by atoms with Gasteiger partial charge in [-0.05, 0) is 12.5 Å². The highest BCUT2D eigenvalue weighted by Gasteiger charge is 1.75. The Balaban J connectivity index is -0.000000211. The zero-order chi connectivity index (χ0) is 16.2. The quantitative estimate of drug-likeness (QED) is 0.439. The van der Waals surface area contributed by atoms with Gasteiger partial charge in [-0.1, -0.05) is 106 Å². The summed E-state index contributed by atoms with van der Waals surface area (Å²) in [4.78, 5) is 0. The normalized spacial score (nSPS) is 6.45. The highest BCUT2D eigenvalue weighted by Crippen LogP contribution is 1.97. The fraction of sp³-hybridized carbons (Fsp3) is 0.0500. The molecule has 1 rings (SSSR count). The summed E-state index contributed by atoms with van der Waals surface area (Å²) in [5.41, 5.74) is 4.44. The SMILES string of the molecule is C=C=C.C=CC(=C)C.C=CC=C.C=Cc1ccccc1. The topological polar surface area (TPSA) is 0 Å². The fourth-order valence-corrected chi connectivity index (χ4v) is 0.589. The van der Waals surface area contributed by atoms with E-state index >= 15 is 0 Å². The van der Waals surface area contributed by atoms with Crippen LogP contribution in [0.4, 0.5) is 0 Å². The van der Waals surface area contributed by atoms with Crippen molar-refractivity contribution in [1.82, 2.24) is 0 Å². The van der Waals surface area contributed by atoms with Crippen LogP contribution in [0.15, 0.2) is 106 Å². The minimum absolute atomic E-state index is 1.02. The molecule has 0 spiro atoms. The Morgan fingerprint density at radius 2 is 1.30 bits per heavy atom. The van der Waals surface area contributed by atoms with E-state index in [2.05, 4.69) is 51.8 Å². The summed E-state index contributed by atoms with van der Waals surface area (Å²) in [5.74, 6) is 0. The Morgan fingerprint density at radius 1 is 0.950 bits per heavy atom. The third-order valence-electron chi connectivity index (χ3n) is 1.55. The van der Waals surface area contributed by atoms with Crippen LogP contribution < -0.4 is 0 Å². The maximum absolute atomic E-state index is 3.63. The van der Waals surface area contributed by atoms with Gasteiger partial charge in [0.25, 0.3) is 0 Å². The lowest BCUT2D eigenvalue weighted by Gasteiger charge is -1.85. The second kappa shape index (κ2) is 21.7. The molecule has 0 fully saturated rings. The van der Waals surface area contributed by atoms with Gasteiger partial charge in [0.15, 0.2) is 0 Å². The van der Waals surface area contributed by atoms with E-state index in [1.165, 1.54) is 5.56 Å². The molecule has 0 aliphatic rings. The van der Waals surface area contributed by atoms with Gasteiger partial charge in [0, 0.05) is 0 Å². The molecule has 0 heteroatoms. The third kappa shape index (κ3) is 29.5. The Kier molecular flexibility index (Phi) is 24.5. The van der Waals surface area contributed by atoms with Crippen LogP contribution in [-0.2, 0) is 0 Å². The second-order valence-electron chi connectivity index (χ2n) is 3.39. The Labute approximate surface area is 125 Å². The Bertz CT molecular complexity index is 407. The summed E-state index contributed by atoms with van der Waals surface area (Å²) in [6.07, 6.45) is 6.83. The van der Waals surface area contributed by atoms with Crippen LogP contribution in [0, 0.1) is 0 Å². The van der Waals surface area contributed by atoms with E-state index in [0.717, 1.165) is 5.57 Å². The van der Waals surface area contributed by atoms with Crippen LogP contribution in [0.5, 0.6) is 0 Å². The molecule has 0 aliphatic heterocycles. The van der Waals surface area contributed by atoms with Gasteiger partial charge in [0.05, 0.1) is 0 Å². The standard InChI is InChI=1S/C8H8.C5H8.C4H6.C3H4/c1-2-8-6-4-3-5-7-8;1-4-5(2)3;1-3-4-2;1-3-2/h2-7H,1H2;4H,1-2H2,3H3;3-4H,1-2H2;1-2H2. The zero-order valence-corrected chi connectivity index (χ0v) is 12.6. The predicted molar refractivity (Wildman–Crippen MR) is 96.7 cm³/mol. The van der Waals surface area contributed by atoms with Crippen LogP contribution in [-0.4, -0.2) is 0 Å². The summed E-state index contributed by atoms with van der Waals surface area (Å²) in [7, 11) is 0. The van der Waals surface area contributed by atoms with Crippen LogP contribution in [0.3, 0.4) is 0 Å². The summed E-state index contributed by atoms with van der Waals surface area (Å²) >= 11 is 0. The molecule has 0 amide bonds. The van der Waals surface area contributed by atoms with Gasteiger partial charge in [-0.2, -0.15) is 0 Å². The van der Waals surface area contributed by atoms with E-state index in [1.54, 1.807) is 18.2 Å². The van der Waals surface area contributed by atoms with Crippen molar-refractivity contribution in [2.75, 3.05) is 0 Å². The van der Waals surface area contributed by atoms with Crippen LogP contribution in [0.25, 0.3) is 6.08 Å². The van der Waals surface area contributed by atoms with E-state index in [1.807, 2.05) is 43.3 Å². The molecule has 0 radical (unpaired) electrons. The van der Waals surface area contributed by atoms with Gasteiger partial charge in [-0.25, -0.2) is 0 Å². The van der Waals surface area contributed by atoms with Crippen molar-refractivity contribution in [3.8, 4) is 0 Å². The zero-order valence-electron chi connectivity index (χ0n) is 12.6. The minimum atomic E-state index is 1.02. The fourth-order valence-electron chi connectivity index (χ4n) is 0.589. The molecule has 0 unspecified atom stereocenters. The summed E-state index contributed by atoms with van der Waals surface area (Å²) in [5, 5.41) is 0. The molecule has 0 aromatic heterocycles. The average molecular weight is 266 g/mol. The molecule has 0 atom stereocenters. The molecule has 20 heavy (non-hydrogen) atoms. The Hall–Kier alpha value is -2.56. The number of hydrogen-bond acceptors (Lipinski definition) is 0. The van der Waals surface area contributed by atoms with Crippen molar-refractivity contribution >= 4 is 6.08 Å². The molecule has 0 bridgehead atoms. The summed E-state index contributed by atoms with van der Waals surface area (Å²) in [6.45, 7) is 25.5. The van der Waals surface area contributed by atoms with Crippen molar-refractivity contribution in [3.63, 3.8) is 0 Å². The monoisotopic (exact) mass is 266 g/mol. The lowest BCUT2D eigenvalue weighted by Crippen LogP contribution is -1.63. The maximum Gasteiger partial charge on any atom is -0.0263 e. The van der Waals surface area contributed by atoms with Gasteiger partial charge in [0.2, 0.25) is 0 Å². The number of hydrogen-bond donors (Lipinski definition) is 0. The smallest absolute Gasteiger partial charge is 0.0263 e. The predicted octanol–water partition coefficient (Wildman–Crippen LogP) is 6.39. The third-order valence-corrected chi connectivity index (χ3v) is 1.55. The number of allylic oxidation sites excluding steroid dienone is 4. The lowest BCUT2D eigenvalue weighted by molar-refractivity contribution is 1.58. The summed E-state index contributed by atoms with van der Waals surface area (Å²) < 4.78 is 0. The molecular weight excluding hydrogens is 240 g/mol. The average Bonchev–Trinajstić information content (AvgIpc) is 2.49. The summed E-state index contributed by atoms with van der Waals surface area (Å²) in [6, 6.07) is 10.0. The van der Waals surface area contributed by atoms with Crippen LogP contribution in [0.2, 0.25) is 0 Å². The largest absolute Gasteiger partial charge is 0.137 e. The van der Waals surface area contributed by atoms with Crippen molar-refractivity contribution in [2.24, 2.45) is 0 Å². The van der Waals surface area contributed by atoms with Crippen molar-refractivity contribution in [2.45, 2.75) is 6.92 Å². The second-order valence-corrected chi connectivity index (χ2v) is 3.39. The first-order valence-electron chi connectivity index (χ1n) is 6.02. The molecule has 1 aromatic carbocycles. The van der Waals surface area contributed by atoms with Crippen molar-refractivity contribution in [3.05, 3.63) is 111 Å².